The second-order valence-electron chi connectivity index (χ2n) is 7.87. The van der Waals surface area contributed by atoms with Crippen molar-refractivity contribution < 1.29 is 14.3 Å². The molecule has 0 saturated carbocycles. The molecule has 1 heterocycles. The molecule has 0 spiro atoms. The van der Waals surface area contributed by atoms with Crippen molar-refractivity contribution in [2.45, 2.75) is 6.42 Å². The molecule has 0 aliphatic carbocycles. The zero-order chi connectivity index (χ0) is 21.9. The Labute approximate surface area is 186 Å². The number of rotatable bonds is 5. The van der Waals surface area contributed by atoms with Crippen LogP contribution < -0.4 is 15.0 Å². The van der Waals surface area contributed by atoms with Crippen molar-refractivity contribution in [3.05, 3.63) is 97.1 Å². The first-order valence-corrected chi connectivity index (χ1v) is 10.6. The number of carbonyl (C=O) groups is 2. The number of fused-ring (bicyclic) bond motifs is 1. The molecule has 1 aliphatic rings. The molecular weight excluding hydrogens is 400 g/mol. The van der Waals surface area contributed by atoms with Gasteiger partial charge in [-0.2, -0.15) is 0 Å². The van der Waals surface area contributed by atoms with E-state index in [9.17, 15) is 9.59 Å². The second-order valence-corrected chi connectivity index (χ2v) is 7.87. The molecule has 2 amide bonds. The van der Waals surface area contributed by atoms with Crippen LogP contribution in [0.2, 0.25) is 0 Å². The fourth-order valence-corrected chi connectivity index (χ4v) is 3.96. The minimum atomic E-state index is -0.378. The lowest BCUT2D eigenvalue weighted by molar-refractivity contribution is -0.122. The van der Waals surface area contributed by atoms with E-state index in [4.69, 9.17) is 4.74 Å². The number of carbonyl (C=O) groups excluding carboxylic acids is 2. The smallest absolute Gasteiger partial charge is 0.229 e. The number of hydrogen-bond acceptors (Lipinski definition) is 3. The van der Waals surface area contributed by atoms with Gasteiger partial charge < -0.3 is 15.0 Å². The SMILES string of the molecule is O=C(Nc1ccc(Oc2ccc3ccccc3c2)cc1)[C@H]1CC(=O)N(c2ccccc2)C1. The van der Waals surface area contributed by atoms with E-state index < -0.39 is 0 Å². The van der Waals surface area contributed by atoms with Crippen LogP contribution in [0.15, 0.2) is 97.1 Å². The fourth-order valence-electron chi connectivity index (χ4n) is 3.96. The molecule has 0 bridgehead atoms. The summed E-state index contributed by atoms with van der Waals surface area (Å²) >= 11 is 0. The Morgan fingerprint density at radius 3 is 2.28 bits per heavy atom. The number of hydrogen-bond donors (Lipinski definition) is 1. The van der Waals surface area contributed by atoms with E-state index in [1.54, 1.807) is 17.0 Å². The van der Waals surface area contributed by atoms with Crippen molar-refractivity contribution >= 4 is 34.0 Å². The summed E-state index contributed by atoms with van der Waals surface area (Å²) < 4.78 is 5.96. The van der Waals surface area contributed by atoms with Gasteiger partial charge in [0.05, 0.1) is 5.92 Å². The average molecular weight is 422 g/mol. The highest BCUT2D eigenvalue weighted by Gasteiger charge is 2.35. The number of benzene rings is 4. The quantitative estimate of drug-likeness (QED) is 0.454. The molecule has 0 aromatic heterocycles. The van der Waals surface area contributed by atoms with Crippen LogP contribution in [0.25, 0.3) is 10.8 Å². The summed E-state index contributed by atoms with van der Waals surface area (Å²) in [4.78, 5) is 26.8. The van der Waals surface area contributed by atoms with Gasteiger partial charge in [0.25, 0.3) is 0 Å². The van der Waals surface area contributed by atoms with Gasteiger partial charge >= 0.3 is 0 Å². The van der Waals surface area contributed by atoms with E-state index in [0.29, 0.717) is 18.0 Å². The molecule has 5 heteroatoms. The number of amides is 2. The van der Waals surface area contributed by atoms with E-state index in [1.165, 1.54) is 0 Å². The summed E-state index contributed by atoms with van der Waals surface area (Å²) in [5.74, 6) is 0.877. The van der Waals surface area contributed by atoms with Crippen molar-refractivity contribution in [2.24, 2.45) is 5.92 Å². The number of anilines is 2. The van der Waals surface area contributed by atoms with Crippen LogP contribution in [-0.4, -0.2) is 18.4 Å². The molecule has 1 aliphatic heterocycles. The van der Waals surface area contributed by atoms with Crippen molar-refractivity contribution in [3.63, 3.8) is 0 Å². The Hall–Kier alpha value is -4.12. The standard InChI is InChI=1S/C27H22N2O3/c30-26-17-21(18-29(26)23-8-2-1-3-9-23)27(31)28-22-11-14-24(15-12-22)32-25-13-10-19-6-4-5-7-20(19)16-25/h1-16,21H,17-18H2,(H,28,31)/t21-/m0/s1. The molecule has 1 N–H and O–H groups in total. The summed E-state index contributed by atoms with van der Waals surface area (Å²) in [6.07, 6.45) is 0.212. The van der Waals surface area contributed by atoms with Gasteiger partial charge in [-0.3, -0.25) is 9.59 Å². The summed E-state index contributed by atoms with van der Waals surface area (Å²) in [5, 5.41) is 5.19. The molecule has 32 heavy (non-hydrogen) atoms. The van der Waals surface area contributed by atoms with Crippen molar-refractivity contribution in [1.29, 1.82) is 0 Å². The molecule has 0 radical (unpaired) electrons. The Bertz CT molecular complexity index is 1270. The fraction of sp³-hybridized carbons (Fsp3) is 0.111. The zero-order valence-electron chi connectivity index (χ0n) is 17.4. The minimum Gasteiger partial charge on any atom is -0.457 e. The Kier molecular flexibility index (Phi) is 5.30. The van der Waals surface area contributed by atoms with Gasteiger partial charge in [0, 0.05) is 24.3 Å². The van der Waals surface area contributed by atoms with Gasteiger partial charge in [-0.15, -0.1) is 0 Å². The van der Waals surface area contributed by atoms with Crippen LogP contribution in [0.1, 0.15) is 6.42 Å². The predicted octanol–water partition coefficient (Wildman–Crippen LogP) is 5.62. The van der Waals surface area contributed by atoms with Crippen LogP contribution in [-0.2, 0) is 9.59 Å². The zero-order valence-corrected chi connectivity index (χ0v) is 17.4. The van der Waals surface area contributed by atoms with E-state index >= 15 is 0 Å². The monoisotopic (exact) mass is 422 g/mol. The third-order valence-corrected chi connectivity index (χ3v) is 5.64. The van der Waals surface area contributed by atoms with Gasteiger partial charge in [-0.1, -0.05) is 48.5 Å². The number of nitrogens with zero attached hydrogens (tertiary/aromatic N) is 1. The molecule has 1 atom stereocenters. The van der Waals surface area contributed by atoms with E-state index in [2.05, 4.69) is 11.4 Å². The Morgan fingerprint density at radius 2 is 1.50 bits per heavy atom. The molecule has 5 nitrogen and oxygen atoms in total. The first-order valence-electron chi connectivity index (χ1n) is 10.6. The molecule has 4 aromatic carbocycles. The lowest BCUT2D eigenvalue weighted by atomic mass is 10.1. The van der Waals surface area contributed by atoms with Gasteiger partial charge in [0.1, 0.15) is 11.5 Å². The lowest BCUT2D eigenvalue weighted by Crippen LogP contribution is -2.28. The Balaban J connectivity index is 1.21. The van der Waals surface area contributed by atoms with Gasteiger partial charge in [-0.25, -0.2) is 0 Å². The molecule has 5 rings (SSSR count). The maximum Gasteiger partial charge on any atom is 0.229 e. The number of nitrogens with one attached hydrogen (secondary N) is 1. The second kappa shape index (κ2) is 8.55. The molecular formula is C27H22N2O3. The van der Waals surface area contributed by atoms with Crippen LogP contribution in [0.5, 0.6) is 11.5 Å². The van der Waals surface area contributed by atoms with Gasteiger partial charge in [-0.05, 0) is 59.3 Å². The maximum atomic E-state index is 12.7. The van der Waals surface area contributed by atoms with E-state index in [-0.39, 0.29) is 24.2 Å². The normalized spacial score (nSPS) is 15.7. The van der Waals surface area contributed by atoms with Crippen LogP contribution >= 0.6 is 0 Å². The summed E-state index contributed by atoms with van der Waals surface area (Å²) in [6.45, 7) is 0.387. The highest BCUT2D eigenvalue weighted by Crippen LogP contribution is 2.28. The van der Waals surface area contributed by atoms with Crippen LogP contribution in [0.4, 0.5) is 11.4 Å². The highest BCUT2D eigenvalue weighted by molar-refractivity contribution is 6.03. The van der Waals surface area contributed by atoms with Crippen LogP contribution in [0.3, 0.4) is 0 Å². The third kappa shape index (κ3) is 4.18. The molecule has 1 saturated heterocycles. The minimum absolute atomic E-state index is 0.0320. The predicted molar refractivity (Wildman–Crippen MR) is 126 cm³/mol. The average Bonchev–Trinajstić information content (AvgIpc) is 3.23. The largest absolute Gasteiger partial charge is 0.457 e. The number of ether oxygens (including phenoxy) is 1. The molecule has 0 unspecified atom stereocenters. The maximum absolute atomic E-state index is 12.7. The number of para-hydroxylation sites is 1. The van der Waals surface area contributed by atoms with E-state index in [0.717, 1.165) is 22.2 Å². The lowest BCUT2D eigenvalue weighted by Gasteiger charge is -2.16. The molecule has 158 valence electrons. The van der Waals surface area contributed by atoms with E-state index in [1.807, 2.05) is 78.9 Å². The molecule has 4 aromatic rings. The summed E-state index contributed by atoms with van der Waals surface area (Å²) in [7, 11) is 0. The first-order chi connectivity index (χ1) is 15.7. The van der Waals surface area contributed by atoms with Gasteiger partial charge in [0.2, 0.25) is 11.8 Å². The van der Waals surface area contributed by atoms with Crippen molar-refractivity contribution in [2.75, 3.05) is 16.8 Å². The van der Waals surface area contributed by atoms with Crippen molar-refractivity contribution in [1.82, 2.24) is 0 Å². The summed E-state index contributed by atoms with van der Waals surface area (Å²) in [6, 6.07) is 30.8. The van der Waals surface area contributed by atoms with Gasteiger partial charge in [0.15, 0.2) is 0 Å². The van der Waals surface area contributed by atoms with Crippen molar-refractivity contribution in [3.8, 4) is 11.5 Å². The van der Waals surface area contributed by atoms with Crippen LogP contribution in [0, 0.1) is 5.92 Å². The third-order valence-electron chi connectivity index (χ3n) is 5.64. The highest BCUT2D eigenvalue weighted by atomic mass is 16.5. The topological polar surface area (TPSA) is 58.6 Å². The molecule has 1 fully saturated rings. The first kappa shape index (κ1) is 19.8. The summed E-state index contributed by atoms with van der Waals surface area (Å²) in [5.41, 5.74) is 1.49. The Morgan fingerprint density at radius 1 is 0.812 bits per heavy atom.